The van der Waals surface area contributed by atoms with Gasteiger partial charge in [-0.25, -0.2) is 0 Å². The van der Waals surface area contributed by atoms with E-state index in [-0.39, 0.29) is 0 Å². The van der Waals surface area contributed by atoms with Crippen LogP contribution in [0.1, 0.15) is 58.1 Å². The molecule has 1 aromatic rings. The average Bonchev–Trinajstić information content (AvgIpc) is 2.80. The van der Waals surface area contributed by atoms with E-state index in [0.29, 0.717) is 0 Å². The van der Waals surface area contributed by atoms with Crippen LogP contribution in [0.15, 0.2) is 6.20 Å². The van der Waals surface area contributed by atoms with Crippen LogP contribution < -0.4 is 0 Å². The van der Waals surface area contributed by atoms with Crippen molar-refractivity contribution >= 4 is 0 Å². The van der Waals surface area contributed by atoms with Crippen molar-refractivity contribution in [3.8, 4) is 11.8 Å². The van der Waals surface area contributed by atoms with Gasteiger partial charge in [0.15, 0.2) is 0 Å². The van der Waals surface area contributed by atoms with E-state index in [0.717, 1.165) is 25.1 Å². The minimum Gasteiger partial charge on any atom is -0.252 e. The highest BCUT2D eigenvalue weighted by molar-refractivity contribution is 4.94. The Hall–Kier alpha value is -1.30. The van der Waals surface area contributed by atoms with E-state index < -0.39 is 0 Å². The average molecular weight is 233 g/mol. The molecule has 0 unspecified atom stereocenters. The van der Waals surface area contributed by atoms with Gasteiger partial charge in [-0.05, 0) is 26.2 Å². The maximum absolute atomic E-state index is 4.09. The maximum Gasteiger partial charge on any atom is 0.0824 e. The van der Waals surface area contributed by atoms with E-state index in [9.17, 15) is 0 Å². The van der Waals surface area contributed by atoms with E-state index in [4.69, 9.17) is 0 Å². The highest BCUT2D eigenvalue weighted by Crippen LogP contribution is 2.06. The first kappa shape index (κ1) is 13.8. The Morgan fingerprint density at radius 1 is 1.18 bits per heavy atom. The Labute approximate surface area is 105 Å². The van der Waals surface area contributed by atoms with Gasteiger partial charge >= 0.3 is 0 Å². The number of rotatable bonds is 8. The van der Waals surface area contributed by atoms with Gasteiger partial charge in [-0.3, -0.25) is 4.68 Å². The number of hydrogen-bond donors (Lipinski definition) is 0. The van der Waals surface area contributed by atoms with E-state index in [1.807, 2.05) is 11.6 Å². The monoisotopic (exact) mass is 233 g/mol. The normalized spacial score (nSPS) is 10.0. The zero-order chi connectivity index (χ0) is 12.3. The lowest BCUT2D eigenvalue weighted by Gasteiger charge is -2.00. The molecule has 3 heteroatoms. The molecule has 0 aliphatic rings. The second kappa shape index (κ2) is 8.81. The molecule has 1 aromatic heterocycles. The van der Waals surface area contributed by atoms with Gasteiger partial charge in [-0.2, -0.15) is 0 Å². The molecule has 0 aliphatic carbocycles. The smallest absolute Gasteiger partial charge is 0.0824 e. The molecule has 0 bridgehead atoms. The molecular weight excluding hydrogens is 210 g/mol. The number of nitrogens with zero attached hydrogens (tertiary/aromatic N) is 3. The lowest BCUT2D eigenvalue weighted by atomic mass is 10.1. The molecule has 0 saturated carbocycles. The first-order chi connectivity index (χ1) is 8.36. The number of aryl methyl sites for hydroxylation is 2. The molecule has 17 heavy (non-hydrogen) atoms. The first-order valence-corrected chi connectivity index (χ1v) is 6.65. The molecule has 1 heterocycles. The SMILES string of the molecule is CC#CCCCCCCCn1cc(CC)nn1. The third-order valence-corrected chi connectivity index (χ3v) is 2.81. The molecule has 0 saturated heterocycles. The third-order valence-electron chi connectivity index (χ3n) is 2.81. The Kier molecular flexibility index (Phi) is 7.13. The standard InChI is InChI=1S/C14H23N3/c1-3-5-6-7-8-9-10-11-12-17-13-14(4-2)15-16-17/h13H,4,6-12H2,1-2H3. The van der Waals surface area contributed by atoms with E-state index in [1.54, 1.807) is 0 Å². The van der Waals surface area contributed by atoms with Crippen LogP contribution in [0.3, 0.4) is 0 Å². The fourth-order valence-electron chi connectivity index (χ4n) is 1.75. The molecule has 94 valence electrons. The van der Waals surface area contributed by atoms with Crippen molar-refractivity contribution in [1.29, 1.82) is 0 Å². The molecule has 0 amide bonds. The molecule has 0 aliphatic heterocycles. The topological polar surface area (TPSA) is 30.7 Å². The summed E-state index contributed by atoms with van der Waals surface area (Å²) in [6, 6.07) is 0. The molecule has 0 atom stereocenters. The van der Waals surface area contributed by atoms with Crippen LogP contribution in [0.25, 0.3) is 0 Å². The van der Waals surface area contributed by atoms with Crippen molar-refractivity contribution in [3.63, 3.8) is 0 Å². The highest BCUT2D eigenvalue weighted by Gasteiger charge is 1.97. The molecule has 0 fully saturated rings. The molecule has 0 aromatic carbocycles. The summed E-state index contributed by atoms with van der Waals surface area (Å²) in [5, 5.41) is 8.17. The fourth-order valence-corrected chi connectivity index (χ4v) is 1.75. The first-order valence-electron chi connectivity index (χ1n) is 6.65. The van der Waals surface area contributed by atoms with Gasteiger partial charge in [0, 0.05) is 19.2 Å². The van der Waals surface area contributed by atoms with Crippen molar-refractivity contribution in [1.82, 2.24) is 15.0 Å². The summed E-state index contributed by atoms with van der Waals surface area (Å²) in [5.74, 6) is 6.03. The summed E-state index contributed by atoms with van der Waals surface area (Å²) in [4.78, 5) is 0. The lowest BCUT2D eigenvalue weighted by Crippen LogP contribution is -1.98. The molecule has 0 spiro atoms. The van der Waals surface area contributed by atoms with Gasteiger partial charge < -0.3 is 0 Å². The van der Waals surface area contributed by atoms with E-state index in [2.05, 4.69) is 35.3 Å². The molecular formula is C14H23N3. The van der Waals surface area contributed by atoms with Crippen LogP contribution in [-0.2, 0) is 13.0 Å². The minimum atomic E-state index is 0.971. The molecule has 0 radical (unpaired) electrons. The number of aromatic nitrogens is 3. The Morgan fingerprint density at radius 3 is 2.65 bits per heavy atom. The molecule has 3 nitrogen and oxygen atoms in total. The predicted molar refractivity (Wildman–Crippen MR) is 70.6 cm³/mol. The van der Waals surface area contributed by atoms with Gasteiger partial charge in [-0.1, -0.05) is 31.4 Å². The predicted octanol–water partition coefficient (Wildman–Crippen LogP) is 3.20. The van der Waals surface area contributed by atoms with Crippen molar-refractivity contribution < 1.29 is 0 Å². The highest BCUT2D eigenvalue weighted by atomic mass is 15.4. The Morgan fingerprint density at radius 2 is 1.94 bits per heavy atom. The van der Waals surface area contributed by atoms with Crippen LogP contribution in [0.5, 0.6) is 0 Å². The Balaban J connectivity index is 1.98. The summed E-state index contributed by atoms with van der Waals surface area (Å²) in [7, 11) is 0. The van der Waals surface area contributed by atoms with Crippen LogP contribution in [0, 0.1) is 11.8 Å². The third kappa shape index (κ3) is 6.11. The van der Waals surface area contributed by atoms with Crippen LogP contribution in [0.2, 0.25) is 0 Å². The van der Waals surface area contributed by atoms with Crippen LogP contribution >= 0.6 is 0 Å². The van der Waals surface area contributed by atoms with Gasteiger partial charge in [0.25, 0.3) is 0 Å². The summed E-state index contributed by atoms with van der Waals surface area (Å²) in [6.07, 6.45) is 10.4. The minimum absolute atomic E-state index is 0.971. The quantitative estimate of drug-likeness (QED) is 0.510. The van der Waals surface area contributed by atoms with Gasteiger partial charge in [0.2, 0.25) is 0 Å². The molecule has 0 N–H and O–H groups in total. The van der Waals surface area contributed by atoms with Crippen molar-refractivity contribution in [2.24, 2.45) is 0 Å². The number of hydrogen-bond acceptors (Lipinski definition) is 2. The maximum atomic E-state index is 4.09. The fraction of sp³-hybridized carbons (Fsp3) is 0.714. The second-order valence-corrected chi connectivity index (χ2v) is 4.27. The Bertz CT molecular complexity index is 357. The second-order valence-electron chi connectivity index (χ2n) is 4.27. The summed E-state index contributed by atoms with van der Waals surface area (Å²) in [5.41, 5.74) is 1.09. The molecule has 1 rings (SSSR count). The van der Waals surface area contributed by atoms with E-state index in [1.165, 1.54) is 32.1 Å². The van der Waals surface area contributed by atoms with Crippen LogP contribution in [0.4, 0.5) is 0 Å². The van der Waals surface area contributed by atoms with Gasteiger partial charge in [0.05, 0.1) is 5.69 Å². The van der Waals surface area contributed by atoms with Gasteiger partial charge in [-0.15, -0.1) is 16.9 Å². The number of unbranched alkanes of at least 4 members (excludes halogenated alkanes) is 5. The largest absolute Gasteiger partial charge is 0.252 e. The summed E-state index contributed by atoms with van der Waals surface area (Å²) >= 11 is 0. The van der Waals surface area contributed by atoms with Gasteiger partial charge in [0.1, 0.15) is 0 Å². The van der Waals surface area contributed by atoms with Crippen LogP contribution in [-0.4, -0.2) is 15.0 Å². The van der Waals surface area contributed by atoms with Crippen molar-refractivity contribution in [3.05, 3.63) is 11.9 Å². The summed E-state index contributed by atoms with van der Waals surface area (Å²) in [6.45, 7) is 5.01. The zero-order valence-corrected chi connectivity index (χ0v) is 11.1. The van der Waals surface area contributed by atoms with E-state index >= 15 is 0 Å². The zero-order valence-electron chi connectivity index (χ0n) is 11.1. The van der Waals surface area contributed by atoms with Crippen molar-refractivity contribution in [2.75, 3.05) is 0 Å². The summed E-state index contributed by atoms with van der Waals surface area (Å²) < 4.78 is 1.96. The lowest BCUT2D eigenvalue weighted by molar-refractivity contribution is 0.519. The van der Waals surface area contributed by atoms with Crippen molar-refractivity contribution in [2.45, 2.75) is 65.3 Å².